The lowest BCUT2D eigenvalue weighted by Crippen LogP contribution is -2.50. The normalized spacial score (nSPS) is 18.8. The molecule has 2 atom stereocenters. The zero-order valence-electron chi connectivity index (χ0n) is 21.3. The number of guanidine groups is 1. The summed E-state index contributed by atoms with van der Waals surface area (Å²) in [4.78, 5) is 15.0. The highest BCUT2D eigenvalue weighted by molar-refractivity contribution is 5.80. The number of para-hydroxylation sites is 1. The lowest BCUT2D eigenvalue weighted by atomic mass is 9.98. The predicted octanol–water partition coefficient (Wildman–Crippen LogP) is 6.63. The zero-order chi connectivity index (χ0) is 26.0. The molecule has 0 spiro atoms. The molecule has 2 unspecified atom stereocenters. The third-order valence-corrected chi connectivity index (χ3v) is 6.84. The average molecular weight is 510 g/mol. The Bertz CT molecular complexity index is 1270. The average Bonchev–Trinajstić information content (AvgIpc) is 3.10. The third-order valence-electron chi connectivity index (χ3n) is 6.84. The summed E-state index contributed by atoms with van der Waals surface area (Å²) in [6.07, 6.45) is 0.476. The van der Waals surface area contributed by atoms with Crippen LogP contribution in [0.1, 0.15) is 23.1 Å². The van der Waals surface area contributed by atoms with Gasteiger partial charge in [0.05, 0.1) is 6.04 Å². The minimum atomic E-state index is -0.637. The van der Waals surface area contributed by atoms with Gasteiger partial charge in [0.2, 0.25) is 5.96 Å². The molecule has 0 amide bonds. The van der Waals surface area contributed by atoms with Gasteiger partial charge in [-0.3, -0.25) is 0 Å². The van der Waals surface area contributed by atoms with Gasteiger partial charge in [0.1, 0.15) is 6.10 Å². The van der Waals surface area contributed by atoms with Crippen LogP contribution in [0.4, 0.5) is 4.53 Å². The van der Waals surface area contributed by atoms with Gasteiger partial charge >= 0.3 is 0 Å². The molecule has 194 valence electrons. The van der Waals surface area contributed by atoms with E-state index in [1.807, 2.05) is 84.9 Å². The van der Waals surface area contributed by atoms with Gasteiger partial charge in [0, 0.05) is 19.6 Å². The van der Waals surface area contributed by atoms with Crippen LogP contribution in [0.25, 0.3) is 0 Å². The summed E-state index contributed by atoms with van der Waals surface area (Å²) in [6, 6.07) is 39.8. The van der Waals surface area contributed by atoms with E-state index >= 15 is 0 Å². The molecule has 5 rings (SSSR count). The molecule has 1 fully saturated rings. The molecule has 0 saturated carbocycles. The summed E-state index contributed by atoms with van der Waals surface area (Å²) < 4.78 is 14.2. The van der Waals surface area contributed by atoms with Crippen LogP contribution in [-0.4, -0.2) is 34.4 Å². The predicted molar refractivity (Wildman–Crippen MR) is 148 cm³/mol. The van der Waals surface area contributed by atoms with E-state index in [1.165, 1.54) is 0 Å². The SMILES string of the molecule is FOC1CCN(Cc2ccccc2)C(=NOc2ccccc2)N(Cc2ccccc2)C1Cc1ccccc1. The molecular formula is C32H32FN3O2. The smallest absolute Gasteiger partial charge is 0.240 e. The third kappa shape index (κ3) is 6.58. The van der Waals surface area contributed by atoms with Gasteiger partial charge in [-0.1, -0.05) is 109 Å². The monoisotopic (exact) mass is 509 g/mol. The Balaban J connectivity index is 1.58. The first-order valence-electron chi connectivity index (χ1n) is 13.0. The van der Waals surface area contributed by atoms with Gasteiger partial charge in [-0.15, -0.1) is 0 Å². The van der Waals surface area contributed by atoms with Gasteiger partial charge in [0.25, 0.3) is 0 Å². The molecule has 1 aliphatic rings. The number of rotatable bonds is 9. The Morgan fingerprint density at radius 1 is 0.684 bits per heavy atom. The van der Waals surface area contributed by atoms with E-state index in [0.29, 0.717) is 44.2 Å². The van der Waals surface area contributed by atoms with Crippen molar-refractivity contribution in [1.82, 2.24) is 9.80 Å². The van der Waals surface area contributed by atoms with Crippen molar-refractivity contribution in [2.45, 2.75) is 38.1 Å². The van der Waals surface area contributed by atoms with Crippen LogP contribution < -0.4 is 4.84 Å². The number of hydrogen-bond donors (Lipinski definition) is 0. The summed E-state index contributed by atoms with van der Waals surface area (Å²) in [6.45, 7) is 1.71. The number of hydrogen-bond acceptors (Lipinski definition) is 3. The molecular weight excluding hydrogens is 477 g/mol. The van der Waals surface area contributed by atoms with E-state index < -0.39 is 6.10 Å². The number of oxime groups is 1. The quantitative estimate of drug-likeness (QED) is 0.238. The van der Waals surface area contributed by atoms with Gasteiger partial charge in [-0.2, -0.15) is 4.94 Å². The Kier molecular flexibility index (Phi) is 8.64. The van der Waals surface area contributed by atoms with Crippen LogP contribution in [0.15, 0.2) is 126 Å². The first-order chi connectivity index (χ1) is 18.8. The lowest BCUT2D eigenvalue weighted by Gasteiger charge is -2.37. The van der Waals surface area contributed by atoms with E-state index in [0.717, 1.165) is 16.7 Å². The molecule has 5 nitrogen and oxygen atoms in total. The zero-order valence-corrected chi connectivity index (χ0v) is 21.3. The van der Waals surface area contributed by atoms with Crippen LogP contribution in [0.5, 0.6) is 5.75 Å². The summed E-state index contributed by atoms with van der Waals surface area (Å²) in [5.74, 6) is 1.29. The molecule has 6 heteroatoms. The van der Waals surface area contributed by atoms with E-state index in [-0.39, 0.29) is 6.04 Å². The fraction of sp³-hybridized carbons (Fsp3) is 0.219. The fourth-order valence-electron chi connectivity index (χ4n) is 4.91. The largest absolute Gasteiger partial charge is 0.353 e. The topological polar surface area (TPSA) is 37.3 Å². The van der Waals surface area contributed by atoms with Gasteiger partial charge < -0.3 is 14.6 Å². The first kappa shape index (κ1) is 25.5. The molecule has 0 N–H and O–H groups in total. The minimum Gasteiger partial charge on any atom is -0.353 e. The second-order valence-electron chi connectivity index (χ2n) is 9.49. The van der Waals surface area contributed by atoms with Crippen LogP contribution in [-0.2, 0) is 24.5 Å². The van der Waals surface area contributed by atoms with E-state index in [2.05, 4.69) is 51.1 Å². The minimum absolute atomic E-state index is 0.304. The molecule has 0 bridgehead atoms. The molecule has 1 aliphatic heterocycles. The van der Waals surface area contributed by atoms with E-state index in [1.54, 1.807) is 0 Å². The van der Waals surface area contributed by atoms with Gasteiger partial charge in [-0.25, -0.2) is 0 Å². The molecule has 1 heterocycles. The summed E-state index contributed by atoms with van der Waals surface area (Å²) in [5, 5.41) is 4.72. The number of nitrogens with zero attached hydrogens (tertiary/aromatic N) is 3. The summed E-state index contributed by atoms with van der Waals surface area (Å²) >= 11 is 0. The lowest BCUT2D eigenvalue weighted by molar-refractivity contribution is -0.196. The van der Waals surface area contributed by atoms with Crippen molar-refractivity contribution in [3.05, 3.63) is 138 Å². The van der Waals surface area contributed by atoms with Crippen molar-refractivity contribution < 1.29 is 14.3 Å². The number of halogens is 1. The van der Waals surface area contributed by atoms with Crippen molar-refractivity contribution in [2.75, 3.05) is 6.54 Å². The maximum Gasteiger partial charge on any atom is 0.240 e. The first-order valence-corrected chi connectivity index (χ1v) is 13.0. The summed E-state index contributed by atoms with van der Waals surface area (Å²) in [5.41, 5.74) is 3.34. The fourth-order valence-corrected chi connectivity index (χ4v) is 4.91. The highest BCUT2D eigenvalue weighted by atomic mass is 19.3. The Morgan fingerprint density at radius 3 is 1.79 bits per heavy atom. The highest BCUT2D eigenvalue weighted by Gasteiger charge is 2.38. The Morgan fingerprint density at radius 2 is 1.21 bits per heavy atom. The Labute approximate surface area is 223 Å². The molecule has 38 heavy (non-hydrogen) atoms. The molecule has 4 aromatic carbocycles. The molecule has 4 aromatic rings. The van der Waals surface area contributed by atoms with Gasteiger partial charge in [0.15, 0.2) is 5.75 Å². The maximum atomic E-state index is 14.2. The van der Waals surface area contributed by atoms with Crippen LogP contribution >= 0.6 is 0 Å². The van der Waals surface area contributed by atoms with Crippen LogP contribution in [0, 0.1) is 0 Å². The van der Waals surface area contributed by atoms with Crippen molar-refractivity contribution >= 4 is 5.96 Å². The van der Waals surface area contributed by atoms with Crippen molar-refractivity contribution in [3.8, 4) is 5.75 Å². The van der Waals surface area contributed by atoms with E-state index in [4.69, 9.17) is 9.99 Å². The van der Waals surface area contributed by atoms with E-state index in [9.17, 15) is 4.53 Å². The molecule has 0 aliphatic carbocycles. The van der Waals surface area contributed by atoms with Crippen molar-refractivity contribution in [1.29, 1.82) is 0 Å². The van der Waals surface area contributed by atoms with Crippen LogP contribution in [0.2, 0.25) is 0 Å². The van der Waals surface area contributed by atoms with Crippen molar-refractivity contribution in [3.63, 3.8) is 0 Å². The van der Waals surface area contributed by atoms with Crippen molar-refractivity contribution in [2.24, 2.45) is 5.16 Å². The molecule has 1 saturated heterocycles. The van der Waals surface area contributed by atoms with Crippen LogP contribution in [0.3, 0.4) is 0 Å². The van der Waals surface area contributed by atoms with Gasteiger partial charge in [-0.05, 0) is 51.3 Å². The summed E-state index contributed by atoms with van der Waals surface area (Å²) in [7, 11) is 0. The Hall–Kier alpha value is -4.16. The second-order valence-corrected chi connectivity index (χ2v) is 9.49. The second kappa shape index (κ2) is 12.9. The standard InChI is InChI=1S/C32H32FN3O2/c33-37-31-21-22-35(24-27-15-7-2-8-16-27)32(34-38-29-19-11-4-12-20-29)36(25-28-17-9-3-10-18-28)30(31)23-26-13-5-1-6-14-26/h1-20,30-31H,21-25H2. The highest BCUT2D eigenvalue weighted by Crippen LogP contribution is 2.27. The molecule has 0 aromatic heterocycles. The number of benzene rings is 4. The maximum absolute atomic E-state index is 14.2. The molecule has 0 radical (unpaired) electrons.